The lowest BCUT2D eigenvalue weighted by Crippen LogP contribution is -2.36. The second-order valence-corrected chi connectivity index (χ2v) is 5.53. The van der Waals surface area contributed by atoms with E-state index in [1.54, 1.807) is 50.4 Å². The van der Waals surface area contributed by atoms with Crippen molar-refractivity contribution in [1.82, 2.24) is 10.6 Å². The minimum absolute atomic E-state index is 0.135. The summed E-state index contributed by atoms with van der Waals surface area (Å²) in [5.41, 5.74) is 0.716. The molecular formula is C19H21FN2O4. The zero-order chi connectivity index (χ0) is 18.9. The summed E-state index contributed by atoms with van der Waals surface area (Å²) in [6.07, 6.45) is 0. The van der Waals surface area contributed by atoms with E-state index < -0.39 is 11.7 Å². The van der Waals surface area contributed by atoms with Crippen molar-refractivity contribution in [2.45, 2.75) is 6.92 Å². The molecule has 0 heterocycles. The van der Waals surface area contributed by atoms with Gasteiger partial charge in [0.15, 0.2) is 6.61 Å². The fourth-order valence-corrected chi connectivity index (χ4v) is 2.09. The van der Waals surface area contributed by atoms with Crippen molar-refractivity contribution in [2.75, 3.05) is 26.8 Å². The Bertz CT molecular complexity index is 763. The van der Waals surface area contributed by atoms with Crippen LogP contribution in [0.25, 0.3) is 0 Å². The van der Waals surface area contributed by atoms with Gasteiger partial charge < -0.3 is 20.1 Å². The molecule has 138 valence electrons. The van der Waals surface area contributed by atoms with Crippen LogP contribution in [0.2, 0.25) is 0 Å². The first-order valence-electron chi connectivity index (χ1n) is 8.07. The van der Waals surface area contributed by atoms with Crippen molar-refractivity contribution in [2.24, 2.45) is 0 Å². The number of carbonyl (C=O) groups excluding carboxylic acids is 2. The highest BCUT2D eigenvalue weighted by molar-refractivity contribution is 5.94. The van der Waals surface area contributed by atoms with Crippen molar-refractivity contribution >= 4 is 11.8 Å². The van der Waals surface area contributed by atoms with Gasteiger partial charge >= 0.3 is 0 Å². The Balaban J connectivity index is 1.66. The number of nitrogens with one attached hydrogen (secondary N) is 2. The Morgan fingerprint density at radius 3 is 2.31 bits per heavy atom. The minimum atomic E-state index is -0.429. The van der Waals surface area contributed by atoms with Gasteiger partial charge in [-0.05, 0) is 48.9 Å². The summed E-state index contributed by atoms with van der Waals surface area (Å²) in [5, 5.41) is 5.24. The van der Waals surface area contributed by atoms with Crippen molar-refractivity contribution < 1.29 is 23.5 Å². The van der Waals surface area contributed by atoms with Gasteiger partial charge in [-0.15, -0.1) is 0 Å². The van der Waals surface area contributed by atoms with Crippen LogP contribution >= 0.6 is 0 Å². The topological polar surface area (TPSA) is 76.7 Å². The quantitative estimate of drug-likeness (QED) is 0.707. The predicted octanol–water partition coefficient (Wildman–Crippen LogP) is 2.07. The first kappa shape index (κ1) is 19.2. The molecule has 0 bridgehead atoms. The molecule has 6 nitrogen and oxygen atoms in total. The first-order chi connectivity index (χ1) is 12.5. The fraction of sp³-hybridized carbons (Fsp3) is 0.263. The predicted molar refractivity (Wildman–Crippen MR) is 95.0 cm³/mol. The van der Waals surface area contributed by atoms with Gasteiger partial charge in [-0.1, -0.05) is 6.07 Å². The smallest absolute Gasteiger partial charge is 0.258 e. The van der Waals surface area contributed by atoms with E-state index in [4.69, 9.17) is 9.47 Å². The van der Waals surface area contributed by atoms with Crippen LogP contribution in [0.3, 0.4) is 0 Å². The molecule has 0 fully saturated rings. The largest absolute Gasteiger partial charge is 0.497 e. The van der Waals surface area contributed by atoms with Gasteiger partial charge in [0, 0.05) is 18.7 Å². The molecule has 2 aromatic rings. The van der Waals surface area contributed by atoms with Crippen LogP contribution in [0.15, 0.2) is 42.5 Å². The number of ether oxygens (including phenoxy) is 2. The zero-order valence-electron chi connectivity index (χ0n) is 14.7. The molecule has 0 aromatic heterocycles. The number of methoxy groups -OCH3 is 1. The monoisotopic (exact) mass is 360 g/mol. The van der Waals surface area contributed by atoms with Crippen molar-refractivity contribution in [3.05, 3.63) is 59.4 Å². The van der Waals surface area contributed by atoms with Gasteiger partial charge in [0.1, 0.15) is 17.3 Å². The first-order valence-corrected chi connectivity index (χ1v) is 8.07. The maximum atomic E-state index is 13.4. The number of aryl methyl sites for hydroxylation is 1. The highest BCUT2D eigenvalue weighted by atomic mass is 19.1. The van der Waals surface area contributed by atoms with Gasteiger partial charge in [0.05, 0.1) is 7.11 Å². The van der Waals surface area contributed by atoms with Crippen LogP contribution in [0.5, 0.6) is 11.5 Å². The molecule has 26 heavy (non-hydrogen) atoms. The SMILES string of the molecule is COc1ccc(OCC(=O)NCCNC(=O)c2ccc(C)c(F)c2)cc1. The van der Waals surface area contributed by atoms with E-state index in [-0.39, 0.29) is 31.2 Å². The van der Waals surface area contributed by atoms with Crippen LogP contribution in [0.4, 0.5) is 4.39 Å². The molecule has 0 spiro atoms. The van der Waals surface area contributed by atoms with Gasteiger partial charge in [-0.2, -0.15) is 0 Å². The molecule has 7 heteroatoms. The maximum absolute atomic E-state index is 13.4. The summed E-state index contributed by atoms with van der Waals surface area (Å²) in [6, 6.07) is 11.1. The molecular weight excluding hydrogens is 339 g/mol. The van der Waals surface area contributed by atoms with Gasteiger partial charge in [0.2, 0.25) is 0 Å². The number of amides is 2. The lowest BCUT2D eigenvalue weighted by Gasteiger charge is -2.09. The molecule has 2 rings (SSSR count). The summed E-state index contributed by atoms with van der Waals surface area (Å²) in [6.45, 7) is 1.96. The maximum Gasteiger partial charge on any atom is 0.258 e. The number of hydrogen-bond acceptors (Lipinski definition) is 4. The molecule has 0 aliphatic carbocycles. The second-order valence-electron chi connectivity index (χ2n) is 5.53. The molecule has 0 aliphatic heterocycles. The molecule has 0 atom stereocenters. The zero-order valence-corrected chi connectivity index (χ0v) is 14.7. The number of halogens is 1. The Labute approximate surface area is 151 Å². The molecule has 0 unspecified atom stereocenters. The summed E-state index contributed by atoms with van der Waals surface area (Å²) in [4.78, 5) is 23.6. The van der Waals surface area contributed by atoms with Gasteiger partial charge in [-0.3, -0.25) is 9.59 Å². The lowest BCUT2D eigenvalue weighted by atomic mass is 10.1. The summed E-state index contributed by atoms with van der Waals surface area (Å²) >= 11 is 0. The van der Waals surface area contributed by atoms with Crippen LogP contribution in [0.1, 0.15) is 15.9 Å². The third-order valence-electron chi connectivity index (χ3n) is 3.60. The number of hydrogen-bond donors (Lipinski definition) is 2. The molecule has 2 amide bonds. The van der Waals surface area contributed by atoms with E-state index in [9.17, 15) is 14.0 Å². The van der Waals surface area contributed by atoms with Crippen molar-refractivity contribution in [3.8, 4) is 11.5 Å². The summed E-state index contributed by atoms with van der Waals surface area (Å²) < 4.78 is 23.8. The van der Waals surface area contributed by atoms with E-state index in [2.05, 4.69) is 10.6 Å². The third-order valence-corrected chi connectivity index (χ3v) is 3.60. The van der Waals surface area contributed by atoms with Crippen LogP contribution in [-0.2, 0) is 4.79 Å². The Morgan fingerprint density at radius 1 is 1.00 bits per heavy atom. The van der Waals surface area contributed by atoms with Crippen LogP contribution in [-0.4, -0.2) is 38.6 Å². The molecule has 0 saturated heterocycles. The summed E-state index contributed by atoms with van der Waals surface area (Å²) in [5.74, 6) is 0.118. The minimum Gasteiger partial charge on any atom is -0.497 e. The molecule has 0 saturated carbocycles. The van der Waals surface area contributed by atoms with Gasteiger partial charge in [-0.25, -0.2) is 4.39 Å². The second kappa shape index (κ2) is 9.41. The van der Waals surface area contributed by atoms with E-state index in [1.165, 1.54) is 6.07 Å². The van der Waals surface area contributed by atoms with E-state index >= 15 is 0 Å². The molecule has 2 aromatic carbocycles. The number of rotatable bonds is 8. The number of benzene rings is 2. The average molecular weight is 360 g/mol. The Hall–Kier alpha value is -3.09. The molecule has 2 N–H and O–H groups in total. The van der Waals surface area contributed by atoms with Gasteiger partial charge in [0.25, 0.3) is 11.8 Å². The normalized spacial score (nSPS) is 10.1. The van der Waals surface area contributed by atoms with E-state index in [0.717, 1.165) is 0 Å². The van der Waals surface area contributed by atoms with E-state index in [0.29, 0.717) is 17.1 Å². The Kier molecular flexibility index (Phi) is 6.96. The molecule has 0 aliphatic rings. The lowest BCUT2D eigenvalue weighted by molar-refractivity contribution is -0.123. The standard InChI is InChI=1S/C19H21FN2O4/c1-13-3-4-14(11-17(13)20)19(24)22-10-9-21-18(23)12-26-16-7-5-15(25-2)6-8-16/h3-8,11H,9-10,12H2,1-2H3,(H,21,23)(H,22,24). The average Bonchev–Trinajstić information content (AvgIpc) is 2.66. The van der Waals surface area contributed by atoms with Crippen LogP contribution < -0.4 is 20.1 Å². The Morgan fingerprint density at radius 2 is 1.65 bits per heavy atom. The summed E-state index contributed by atoms with van der Waals surface area (Å²) in [7, 11) is 1.57. The highest BCUT2D eigenvalue weighted by Gasteiger charge is 2.08. The van der Waals surface area contributed by atoms with Crippen molar-refractivity contribution in [1.29, 1.82) is 0 Å². The van der Waals surface area contributed by atoms with Crippen molar-refractivity contribution in [3.63, 3.8) is 0 Å². The molecule has 0 radical (unpaired) electrons. The van der Waals surface area contributed by atoms with E-state index in [1.807, 2.05) is 0 Å². The number of carbonyl (C=O) groups is 2. The highest BCUT2D eigenvalue weighted by Crippen LogP contribution is 2.16. The fourth-order valence-electron chi connectivity index (χ4n) is 2.09. The third kappa shape index (κ3) is 5.77. The van der Waals surface area contributed by atoms with Crippen LogP contribution in [0, 0.1) is 12.7 Å².